The number of alkyl halides is 10. The van der Waals surface area contributed by atoms with Gasteiger partial charge in [0.15, 0.2) is 5.83 Å². The minimum atomic E-state index is -6.84. The Kier molecular flexibility index (Phi) is 2.96. The zero-order valence-electron chi connectivity index (χ0n) is 8.31. The summed E-state index contributed by atoms with van der Waals surface area (Å²) in [6.45, 7) is 1.68. The molecule has 12 heteroatoms. The van der Waals surface area contributed by atoms with E-state index in [4.69, 9.17) is 0 Å². The highest BCUT2D eigenvalue weighted by atomic mass is 19.4. The molecule has 0 aromatic carbocycles. The van der Waals surface area contributed by atoms with E-state index in [2.05, 4.69) is 0 Å². The molecule has 1 saturated heterocycles. The van der Waals surface area contributed by atoms with Crippen LogP contribution in [0.4, 0.5) is 48.3 Å². The molecule has 0 radical (unpaired) electrons. The van der Waals surface area contributed by atoms with Crippen LogP contribution in [0.1, 0.15) is 0 Å². The number of hydrogen-bond acceptors (Lipinski definition) is 1. The third-order valence-corrected chi connectivity index (χ3v) is 2.32. The second kappa shape index (κ2) is 3.52. The average Bonchev–Trinajstić information content (AvgIpc) is 2.20. The van der Waals surface area contributed by atoms with Crippen LogP contribution in [0.3, 0.4) is 0 Å². The molecule has 0 amide bonds. The molecule has 0 aliphatic carbocycles. The van der Waals surface area contributed by atoms with Crippen molar-refractivity contribution in [2.24, 2.45) is 0 Å². The lowest BCUT2D eigenvalue weighted by Crippen LogP contribution is -2.59. The summed E-state index contributed by atoms with van der Waals surface area (Å²) in [6.07, 6.45) is 0. The smallest absolute Gasteiger partial charge is 0.204 e. The van der Waals surface area contributed by atoms with E-state index in [1.54, 1.807) is 6.58 Å². The van der Waals surface area contributed by atoms with Crippen LogP contribution in [-0.4, -0.2) is 34.9 Å². The fourth-order valence-electron chi connectivity index (χ4n) is 1.31. The molecule has 112 valence electrons. The standard InChI is InChI=1S/C7H2F11N/c1-2(8)3(9,10)19-6(15,16)4(11,12)5(13,14)7(19,17)18/h1H2. The molecule has 0 N–H and O–H groups in total. The van der Waals surface area contributed by atoms with Gasteiger partial charge in [0.2, 0.25) is 0 Å². The van der Waals surface area contributed by atoms with Crippen molar-refractivity contribution in [2.75, 3.05) is 0 Å². The normalized spacial score (nSPS) is 28.4. The van der Waals surface area contributed by atoms with Gasteiger partial charge in [0.1, 0.15) is 0 Å². The summed E-state index contributed by atoms with van der Waals surface area (Å²) in [7, 11) is 0. The Labute approximate surface area is 96.8 Å². The summed E-state index contributed by atoms with van der Waals surface area (Å²) in [6, 6.07) is -19.5. The summed E-state index contributed by atoms with van der Waals surface area (Å²) in [5.74, 6) is -16.9. The van der Waals surface area contributed by atoms with Crippen molar-refractivity contribution in [1.29, 1.82) is 0 Å². The van der Waals surface area contributed by atoms with Gasteiger partial charge in [0.05, 0.1) is 0 Å². The van der Waals surface area contributed by atoms with Gasteiger partial charge in [-0.05, 0) is 0 Å². The Bertz CT molecular complexity index is 385. The van der Waals surface area contributed by atoms with Crippen molar-refractivity contribution in [3.63, 3.8) is 0 Å². The molecular weight excluding hydrogens is 307 g/mol. The van der Waals surface area contributed by atoms with Crippen molar-refractivity contribution in [1.82, 2.24) is 4.90 Å². The topological polar surface area (TPSA) is 3.24 Å². The van der Waals surface area contributed by atoms with E-state index in [0.717, 1.165) is 0 Å². The van der Waals surface area contributed by atoms with Gasteiger partial charge in [-0.1, -0.05) is 6.58 Å². The highest BCUT2D eigenvalue weighted by Gasteiger charge is 2.96. The number of hydrogen-bond donors (Lipinski definition) is 0. The lowest BCUT2D eigenvalue weighted by molar-refractivity contribution is -0.354. The molecule has 0 saturated carbocycles. The molecule has 0 spiro atoms. The summed E-state index contributed by atoms with van der Waals surface area (Å²) in [5.41, 5.74) is 0. The number of halogens is 11. The predicted molar refractivity (Wildman–Crippen MR) is 36.8 cm³/mol. The van der Waals surface area contributed by atoms with Crippen molar-refractivity contribution in [2.45, 2.75) is 30.0 Å². The number of nitrogens with zero attached hydrogens (tertiary/aromatic N) is 1. The Morgan fingerprint density at radius 2 is 1.05 bits per heavy atom. The Morgan fingerprint density at radius 3 is 1.26 bits per heavy atom. The van der Waals surface area contributed by atoms with E-state index in [1.165, 1.54) is 0 Å². The van der Waals surface area contributed by atoms with E-state index >= 15 is 0 Å². The molecular formula is C7H2F11N. The minimum absolute atomic E-state index is 1.68. The minimum Gasteiger partial charge on any atom is -0.204 e. The van der Waals surface area contributed by atoms with Gasteiger partial charge in [-0.15, -0.1) is 4.90 Å². The lowest BCUT2D eigenvalue weighted by atomic mass is 10.2. The molecule has 1 rings (SSSR count). The van der Waals surface area contributed by atoms with Gasteiger partial charge in [0.25, 0.3) is 0 Å². The summed E-state index contributed by atoms with van der Waals surface area (Å²) >= 11 is 0. The molecule has 0 atom stereocenters. The van der Waals surface area contributed by atoms with Crippen LogP contribution in [0.25, 0.3) is 0 Å². The van der Waals surface area contributed by atoms with E-state index in [-0.39, 0.29) is 0 Å². The molecule has 1 heterocycles. The molecule has 0 unspecified atom stereocenters. The highest BCUT2D eigenvalue weighted by molar-refractivity contribution is 5.17. The maximum Gasteiger partial charge on any atom is 0.394 e. The molecule has 1 aliphatic heterocycles. The van der Waals surface area contributed by atoms with Crippen molar-refractivity contribution in [3.05, 3.63) is 12.4 Å². The molecule has 1 nitrogen and oxygen atoms in total. The first-order valence-electron chi connectivity index (χ1n) is 4.10. The van der Waals surface area contributed by atoms with Gasteiger partial charge in [-0.25, -0.2) is 4.39 Å². The van der Waals surface area contributed by atoms with Gasteiger partial charge in [0, 0.05) is 0 Å². The molecule has 0 bridgehead atoms. The second-order valence-corrected chi connectivity index (χ2v) is 3.51. The van der Waals surface area contributed by atoms with E-state index in [9.17, 15) is 48.3 Å². The zero-order valence-corrected chi connectivity index (χ0v) is 8.31. The molecule has 1 aliphatic rings. The average molecular weight is 309 g/mol. The summed E-state index contributed by atoms with van der Waals surface area (Å²) < 4.78 is 139. The first-order valence-corrected chi connectivity index (χ1v) is 4.10. The zero-order chi connectivity index (χ0) is 15.7. The number of likely N-dealkylation sites (tertiary alicyclic amines) is 1. The van der Waals surface area contributed by atoms with Gasteiger partial charge in [-0.2, -0.15) is 43.9 Å². The SMILES string of the molecule is C=C(F)C(F)(F)N1C(F)(F)C(F)(F)C(F)(F)C1(F)F. The maximum absolute atomic E-state index is 12.8. The van der Waals surface area contributed by atoms with Gasteiger partial charge < -0.3 is 0 Å². The molecule has 1 fully saturated rings. The van der Waals surface area contributed by atoms with E-state index in [1.807, 2.05) is 0 Å². The Morgan fingerprint density at radius 1 is 0.789 bits per heavy atom. The number of rotatable bonds is 2. The Balaban J connectivity index is 3.62. The van der Waals surface area contributed by atoms with Crippen molar-refractivity contribution >= 4 is 0 Å². The van der Waals surface area contributed by atoms with Crippen LogP contribution in [0, 0.1) is 0 Å². The van der Waals surface area contributed by atoms with Crippen LogP contribution in [0.15, 0.2) is 12.4 Å². The lowest BCUT2D eigenvalue weighted by Gasteiger charge is -2.33. The monoisotopic (exact) mass is 309 g/mol. The third-order valence-electron chi connectivity index (χ3n) is 2.32. The van der Waals surface area contributed by atoms with Crippen LogP contribution >= 0.6 is 0 Å². The fourth-order valence-corrected chi connectivity index (χ4v) is 1.31. The van der Waals surface area contributed by atoms with Gasteiger partial charge >= 0.3 is 30.0 Å². The summed E-state index contributed by atoms with van der Waals surface area (Å²) in [4.78, 5) is -3.17. The third kappa shape index (κ3) is 1.51. The maximum atomic E-state index is 12.8. The first kappa shape index (κ1) is 16.0. The molecule has 0 aromatic heterocycles. The van der Waals surface area contributed by atoms with Crippen molar-refractivity contribution in [3.8, 4) is 0 Å². The van der Waals surface area contributed by atoms with Gasteiger partial charge in [-0.3, -0.25) is 0 Å². The quantitative estimate of drug-likeness (QED) is 0.553. The van der Waals surface area contributed by atoms with Crippen LogP contribution in [0.2, 0.25) is 0 Å². The molecule has 0 aromatic rings. The van der Waals surface area contributed by atoms with Crippen LogP contribution < -0.4 is 0 Å². The largest absolute Gasteiger partial charge is 0.394 e. The summed E-state index contributed by atoms with van der Waals surface area (Å²) in [5, 5.41) is 0. The van der Waals surface area contributed by atoms with Crippen LogP contribution in [0.5, 0.6) is 0 Å². The predicted octanol–water partition coefficient (Wildman–Crippen LogP) is 3.83. The van der Waals surface area contributed by atoms with E-state index in [0.29, 0.717) is 0 Å². The van der Waals surface area contributed by atoms with E-state index < -0.39 is 40.7 Å². The Hall–Kier alpha value is -1.07. The first-order chi connectivity index (χ1) is 8.06. The fraction of sp³-hybridized carbons (Fsp3) is 0.714. The van der Waals surface area contributed by atoms with Crippen molar-refractivity contribution < 1.29 is 48.3 Å². The molecule has 19 heavy (non-hydrogen) atoms. The highest BCUT2D eigenvalue weighted by Crippen LogP contribution is 2.65. The van der Waals surface area contributed by atoms with Crippen LogP contribution in [-0.2, 0) is 0 Å². The second-order valence-electron chi connectivity index (χ2n) is 3.51.